The molecule has 0 aromatic heterocycles. The van der Waals surface area contributed by atoms with Crippen LogP contribution in [0.25, 0.3) is 0 Å². The fourth-order valence-electron chi connectivity index (χ4n) is 3.17. The zero-order valence-corrected chi connectivity index (χ0v) is 15.3. The second-order valence-corrected chi connectivity index (χ2v) is 7.28. The highest BCUT2D eigenvalue weighted by Crippen LogP contribution is 2.30. The Kier molecular flexibility index (Phi) is 5.61. The van der Waals surface area contributed by atoms with Crippen LogP contribution in [0.4, 0.5) is 0 Å². The van der Waals surface area contributed by atoms with Gasteiger partial charge < -0.3 is 15.0 Å². The number of nitrogens with one attached hydrogen (secondary N) is 2. The number of benzene rings is 2. The molecule has 0 saturated carbocycles. The molecule has 4 nitrogen and oxygen atoms in total. The molecule has 0 fully saturated rings. The number of amides is 1. The van der Waals surface area contributed by atoms with Crippen LogP contribution in [0, 0.1) is 5.92 Å². The summed E-state index contributed by atoms with van der Waals surface area (Å²) in [5, 5.41) is 3.88. The molecule has 0 saturated heterocycles. The van der Waals surface area contributed by atoms with Gasteiger partial charge in [-0.2, -0.15) is 0 Å². The zero-order valence-electron chi connectivity index (χ0n) is 14.6. The van der Waals surface area contributed by atoms with E-state index in [0.29, 0.717) is 18.1 Å². The van der Waals surface area contributed by atoms with Gasteiger partial charge in [0.2, 0.25) is 5.91 Å². The molecule has 3 rings (SSSR count). The van der Waals surface area contributed by atoms with Gasteiger partial charge in [-0.3, -0.25) is 4.79 Å². The van der Waals surface area contributed by atoms with Crippen molar-refractivity contribution in [1.82, 2.24) is 5.32 Å². The number of halogens is 1. The predicted octanol–water partition coefficient (Wildman–Crippen LogP) is 1.89. The number of hydrogen-bond acceptors (Lipinski definition) is 2. The largest absolute Gasteiger partial charge is 0.492 e. The van der Waals surface area contributed by atoms with E-state index in [9.17, 15) is 4.79 Å². The van der Waals surface area contributed by atoms with E-state index in [1.165, 1.54) is 4.90 Å². The predicted molar refractivity (Wildman–Crippen MR) is 99.1 cm³/mol. The van der Waals surface area contributed by atoms with E-state index in [2.05, 4.69) is 31.5 Å². The summed E-state index contributed by atoms with van der Waals surface area (Å²) in [6.07, 6.45) is 0.651. The Balaban J connectivity index is 1.71. The summed E-state index contributed by atoms with van der Waals surface area (Å²) in [4.78, 5) is 14.1. The summed E-state index contributed by atoms with van der Waals surface area (Å²) in [6, 6.07) is 15.7. The van der Waals surface area contributed by atoms with Gasteiger partial charge in [0.1, 0.15) is 24.9 Å². The van der Waals surface area contributed by atoms with E-state index in [1.54, 1.807) is 0 Å². The third kappa shape index (κ3) is 4.53. The molecule has 1 heterocycles. The lowest BCUT2D eigenvalue weighted by Crippen LogP contribution is -3.06. The van der Waals surface area contributed by atoms with Gasteiger partial charge in [0, 0.05) is 5.02 Å². The van der Waals surface area contributed by atoms with E-state index in [0.717, 1.165) is 23.4 Å². The fourth-order valence-corrected chi connectivity index (χ4v) is 3.36. The van der Waals surface area contributed by atoms with Gasteiger partial charge in [0.05, 0.1) is 20.0 Å². The minimum absolute atomic E-state index is 0.0144. The standard InChI is InChI=1S/C20H23ClN2O2/c1-23(2)12-18(14-6-4-3-5-7-14)22-20(24)16-10-15-11-17(21)8-9-19(15)25-13-16/h3-9,11,16,18H,10,12-13H2,1-2H3,(H,22,24)/p+1/t16-,18+/m0/s1. The first kappa shape index (κ1) is 17.8. The second kappa shape index (κ2) is 7.89. The van der Waals surface area contributed by atoms with E-state index >= 15 is 0 Å². The highest BCUT2D eigenvalue weighted by atomic mass is 35.5. The summed E-state index contributed by atoms with van der Waals surface area (Å²) in [5.41, 5.74) is 2.12. The molecule has 2 N–H and O–H groups in total. The van der Waals surface area contributed by atoms with Gasteiger partial charge >= 0.3 is 0 Å². The maximum Gasteiger partial charge on any atom is 0.227 e. The van der Waals surface area contributed by atoms with Gasteiger partial charge in [-0.05, 0) is 35.7 Å². The summed E-state index contributed by atoms with van der Waals surface area (Å²) in [7, 11) is 4.17. The number of carbonyl (C=O) groups excluding carboxylic acids is 1. The number of hydrogen-bond donors (Lipinski definition) is 2. The minimum atomic E-state index is -0.200. The average Bonchev–Trinajstić information content (AvgIpc) is 2.60. The van der Waals surface area contributed by atoms with Crippen molar-refractivity contribution >= 4 is 17.5 Å². The Labute approximate surface area is 153 Å². The minimum Gasteiger partial charge on any atom is -0.492 e. The first-order valence-corrected chi connectivity index (χ1v) is 8.96. The molecule has 2 atom stereocenters. The van der Waals surface area contributed by atoms with Gasteiger partial charge in [-0.1, -0.05) is 41.9 Å². The lowest BCUT2D eigenvalue weighted by molar-refractivity contribution is -0.860. The van der Waals surface area contributed by atoms with Crippen LogP contribution in [0.2, 0.25) is 5.02 Å². The Bertz CT molecular complexity index is 734. The lowest BCUT2D eigenvalue weighted by Gasteiger charge is -2.27. The van der Waals surface area contributed by atoms with Gasteiger partial charge in [0.25, 0.3) is 0 Å². The van der Waals surface area contributed by atoms with E-state index in [-0.39, 0.29) is 17.9 Å². The van der Waals surface area contributed by atoms with Crippen molar-refractivity contribution in [2.75, 3.05) is 27.2 Å². The van der Waals surface area contributed by atoms with E-state index in [1.807, 2.05) is 36.4 Å². The molecule has 2 aromatic carbocycles. The maximum absolute atomic E-state index is 12.8. The molecule has 2 aromatic rings. The van der Waals surface area contributed by atoms with Crippen LogP contribution in [-0.2, 0) is 11.2 Å². The first-order valence-electron chi connectivity index (χ1n) is 8.58. The number of ether oxygens (including phenoxy) is 1. The normalized spacial score (nSPS) is 17.5. The molecule has 0 spiro atoms. The first-order chi connectivity index (χ1) is 12.0. The van der Waals surface area contributed by atoms with Crippen LogP contribution in [0.15, 0.2) is 48.5 Å². The number of quaternary nitrogens is 1. The molecule has 132 valence electrons. The number of fused-ring (bicyclic) bond motifs is 1. The van der Waals surface area contributed by atoms with Crippen molar-refractivity contribution in [1.29, 1.82) is 0 Å². The van der Waals surface area contributed by atoms with Gasteiger partial charge in [0.15, 0.2) is 0 Å². The smallest absolute Gasteiger partial charge is 0.227 e. The molecule has 1 aliphatic rings. The van der Waals surface area contributed by atoms with Crippen molar-refractivity contribution in [3.8, 4) is 5.75 Å². The molecule has 25 heavy (non-hydrogen) atoms. The number of rotatable bonds is 5. The summed E-state index contributed by atoms with van der Waals surface area (Å²) in [5.74, 6) is 0.654. The van der Waals surface area contributed by atoms with E-state index < -0.39 is 0 Å². The zero-order chi connectivity index (χ0) is 17.8. The molecule has 1 aliphatic heterocycles. The molecular weight excluding hydrogens is 336 g/mol. The van der Waals surface area contributed by atoms with Crippen molar-refractivity contribution in [2.24, 2.45) is 5.92 Å². The van der Waals surface area contributed by atoms with Crippen LogP contribution in [0.5, 0.6) is 5.75 Å². The summed E-state index contributed by atoms with van der Waals surface area (Å²) < 4.78 is 5.76. The molecule has 0 aliphatic carbocycles. The molecule has 5 heteroatoms. The van der Waals surface area contributed by atoms with Crippen LogP contribution >= 0.6 is 11.6 Å². The summed E-state index contributed by atoms with van der Waals surface area (Å²) >= 11 is 6.07. The van der Waals surface area contributed by atoms with Crippen LogP contribution in [0.1, 0.15) is 17.2 Å². The topological polar surface area (TPSA) is 42.8 Å². The molecule has 0 unspecified atom stereocenters. The number of carbonyl (C=O) groups is 1. The fraction of sp³-hybridized carbons (Fsp3) is 0.350. The summed E-state index contributed by atoms with van der Waals surface area (Å²) in [6.45, 7) is 1.22. The van der Waals surface area contributed by atoms with Crippen molar-refractivity contribution in [3.63, 3.8) is 0 Å². The average molecular weight is 360 g/mol. The van der Waals surface area contributed by atoms with Crippen molar-refractivity contribution < 1.29 is 14.4 Å². The highest BCUT2D eigenvalue weighted by molar-refractivity contribution is 6.30. The van der Waals surface area contributed by atoms with Gasteiger partial charge in [-0.15, -0.1) is 0 Å². The van der Waals surface area contributed by atoms with Crippen LogP contribution in [0.3, 0.4) is 0 Å². The lowest BCUT2D eigenvalue weighted by atomic mass is 9.95. The second-order valence-electron chi connectivity index (χ2n) is 6.85. The Morgan fingerprint density at radius 3 is 2.76 bits per heavy atom. The van der Waals surface area contributed by atoms with Gasteiger partial charge in [-0.25, -0.2) is 0 Å². The molecular formula is C20H24ClN2O2+. The molecule has 0 bridgehead atoms. The third-order valence-electron chi connectivity index (χ3n) is 4.43. The monoisotopic (exact) mass is 359 g/mol. The van der Waals surface area contributed by atoms with Crippen molar-refractivity contribution in [2.45, 2.75) is 12.5 Å². The number of likely N-dealkylation sites (N-methyl/N-ethyl adjacent to an activating group) is 1. The Hall–Kier alpha value is -2.04. The Morgan fingerprint density at radius 2 is 2.04 bits per heavy atom. The quantitative estimate of drug-likeness (QED) is 0.856. The Morgan fingerprint density at radius 1 is 1.28 bits per heavy atom. The third-order valence-corrected chi connectivity index (χ3v) is 4.67. The van der Waals surface area contributed by atoms with E-state index in [4.69, 9.17) is 16.3 Å². The molecule has 1 amide bonds. The van der Waals surface area contributed by atoms with Crippen LogP contribution in [-0.4, -0.2) is 33.2 Å². The molecule has 0 radical (unpaired) electrons. The SMILES string of the molecule is C[NH+](C)C[C@@H](NC(=O)[C@@H]1COc2ccc(Cl)cc2C1)c1ccccc1. The van der Waals surface area contributed by atoms with Crippen LogP contribution < -0.4 is 15.0 Å². The highest BCUT2D eigenvalue weighted by Gasteiger charge is 2.28. The van der Waals surface area contributed by atoms with Crippen molar-refractivity contribution in [3.05, 3.63) is 64.7 Å². The maximum atomic E-state index is 12.8.